The molecular weight excluding hydrogens is 260 g/mol. The number of aryl methyl sites for hydroxylation is 1. The number of pyridine rings is 1. The van der Waals surface area contributed by atoms with Crippen LogP contribution < -0.4 is 10.2 Å². The highest BCUT2D eigenvalue weighted by Crippen LogP contribution is 2.21. The van der Waals surface area contributed by atoms with Gasteiger partial charge < -0.3 is 15.1 Å². The minimum atomic E-state index is 0.870. The van der Waals surface area contributed by atoms with E-state index in [9.17, 15) is 0 Å². The number of nitrogens with zero attached hydrogens (tertiary/aromatic N) is 3. The largest absolute Gasteiger partial charge is 0.371 e. The smallest absolute Gasteiger partial charge is 0.0445 e. The summed E-state index contributed by atoms with van der Waals surface area (Å²) in [6, 6.07) is 2.22. The molecule has 120 valence electrons. The van der Waals surface area contributed by atoms with Crippen molar-refractivity contribution in [2.75, 3.05) is 44.7 Å². The van der Waals surface area contributed by atoms with Gasteiger partial charge in [0.1, 0.15) is 0 Å². The molecule has 0 bridgehead atoms. The van der Waals surface area contributed by atoms with Crippen LogP contribution in [-0.4, -0.2) is 49.7 Å². The summed E-state index contributed by atoms with van der Waals surface area (Å²) in [5, 5.41) is 3.24. The highest BCUT2D eigenvalue weighted by molar-refractivity contribution is 5.53. The minimum Gasteiger partial charge on any atom is -0.371 e. The zero-order valence-corrected chi connectivity index (χ0v) is 14.4. The van der Waals surface area contributed by atoms with Crippen molar-refractivity contribution in [1.29, 1.82) is 0 Å². The summed E-state index contributed by atoms with van der Waals surface area (Å²) in [6.07, 6.45) is 3.21. The fourth-order valence-corrected chi connectivity index (χ4v) is 2.67. The Hall–Kier alpha value is -1.13. The molecule has 4 heteroatoms. The molecule has 1 aromatic heterocycles. The first-order valence-electron chi connectivity index (χ1n) is 8.23. The molecule has 0 amide bonds. The number of anilines is 1. The van der Waals surface area contributed by atoms with Crippen LogP contribution in [0.3, 0.4) is 0 Å². The maximum atomic E-state index is 4.44. The van der Waals surface area contributed by atoms with E-state index < -0.39 is 0 Å². The second kappa shape index (κ2) is 9.74. The first kappa shape index (κ1) is 17.9. The molecule has 4 nitrogen and oxygen atoms in total. The molecule has 0 saturated heterocycles. The zero-order valence-electron chi connectivity index (χ0n) is 14.4. The SMILES string of the molecule is CCN(CC)CCCN(CC)c1cc(C)ncc1CNC. The molecule has 21 heavy (non-hydrogen) atoms. The monoisotopic (exact) mass is 292 g/mol. The number of nitrogens with one attached hydrogen (secondary N) is 1. The zero-order chi connectivity index (χ0) is 15.7. The fourth-order valence-electron chi connectivity index (χ4n) is 2.67. The number of rotatable bonds is 10. The first-order valence-corrected chi connectivity index (χ1v) is 8.23. The molecule has 0 atom stereocenters. The van der Waals surface area contributed by atoms with E-state index in [0.717, 1.165) is 38.4 Å². The van der Waals surface area contributed by atoms with E-state index in [0.29, 0.717) is 0 Å². The van der Waals surface area contributed by atoms with Crippen molar-refractivity contribution in [3.8, 4) is 0 Å². The van der Waals surface area contributed by atoms with Gasteiger partial charge in [0.2, 0.25) is 0 Å². The topological polar surface area (TPSA) is 31.4 Å². The predicted octanol–water partition coefficient (Wildman–Crippen LogP) is 2.67. The van der Waals surface area contributed by atoms with Gasteiger partial charge in [-0.3, -0.25) is 4.98 Å². The highest BCUT2D eigenvalue weighted by Gasteiger charge is 2.11. The third-order valence-electron chi connectivity index (χ3n) is 3.99. The van der Waals surface area contributed by atoms with Crippen LogP contribution in [0.25, 0.3) is 0 Å². The van der Waals surface area contributed by atoms with Crippen LogP contribution in [0.4, 0.5) is 5.69 Å². The average Bonchev–Trinajstić information content (AvgIpc) is 2.50. The second-order valence-electron chi connectivity index (χ2n) is 5.44. The van der Waals surface area contributed by atoms with Crippen LogP contribution in [0.1, 0.15) is 38.4 Å². The molecule has 0 fully saturated rings. The summed E-state index contributed by atoms with van der Waals surface area (Å²) >= 11 is 0. The Morgan fingerprint density at radius 1 is 1.10 bits per heavy atom. The summed E-state index contributed by atoms with van der Waals surface area (Å²) in [4.78, 5) is 9.40. The standard InChI is InChI=1S/C17H32N4/c1-6-20(7-2)10-9-11-21(8-3)17-12-15(4)19-14-16(17)13-18-5/h12,14,18H,6-11,13H2,1-5H3. The van der Waals surface area contributed by atoms with Crippen LogP contribution in [-0.2, 0) is 6.54 Å². The van der Waals surface area contributed by atoms with E-state index in [-0.39, 0.29) is 0 Å². The summed E-state index contributed by atoms with van der Waals surface area (Å²) in [5.74, 6) is 0. The maximum absolute atomic E-state index is 4.44. The van der Waals surface area contributed by atoms with Crippen molar-refractivity contribution in [2.45, 2.75) is 40.7 Å². The van der Waals surface area contributed by atoms with Gasteiger partial charge in [-0.2, -0.15) is 0 Å². The number of aromatic nitrogens is 1. The van der Waals surface area contributed by atoms with Gasteiger partial charge in [-0.25, -0.2) is 0 Å². The van der Waals surface area contributed by atoms with Crippen LogP contribution in [0.5, 0.6) is 0 Å². The van der Waals surface area contributed by atoms with Crippen LogP contribution in [0, 0.1) is 6.92 Å². The maximum Gasteiger partial charge on any atom is 0.0445 e. The molecule has 0 saturated carbocycles. The summed E-state index contributed by atoms with van der Waals surface area (Å²) in [7, 11) is 1.99. The Morgan fingerprint density at radius 2 is 1.81 bits per heavy atom. The van der Waals surface area contributed by atoms with E-state index in [1.807, 2.05) is 13.2 Å². The molecular formula is C17H32N4. The van der Waals surface area contributed by atoms with E-state index in [4.69, 9.17) is 0 Å². The third-order valence-corrected chi connectivity index (χ3v) is 3.99. The molecule has 0 unspecified atom stereocenters. The first-order chi connectivity index (χ1) is 10.2. The predicted molar refractivity (Wildman–Crippen MR) is 92.0 cm³/mol. The lowest BCUT2D eigenvalue weighted by Crippen LogP contribution is -2.31. The van der Waals surface area contributed by atoms with Gasteiger partial charge >= 0.3 is 0 Å². The van der Waals surface area contributed by atoms with Crippen LogP contribution >= 0.6 is 0 Å². The Bertz CT molecular complexity index is 402. The van der Waals surface area contributed by atoms with Crippen molar-refractivity contribution in [3.63, 3.8) is 0 Å². The average molecular weight is 292 g/mol. The van der Waals surface area contributed by atoms with Gasteiger partial charge in [-0.15, -0.1) is 0 Å². The van der Waals surface area contributed by atoms with Gasteiger partial charge in [0.15, 0.2) is 0 Å². The van der Waals surface area contributed by atoms with Crippen LogP contribution in [0.15, 0.2) is 12.3 Å². The molecule has 0 aliphatic heterocycles. The molecule has 0 aromatic carbocycles. The summed E-state index contributed by atoms with van der Waals surface area (Å²) in [5.41, 5.74) is 3.71. The van der Waals surface area contributed by atoms with Crippen LogP contribution in [0.2, 0.25) is 0 Å². The normalized spacial score (nSPS) is 11.1. The quantitative estimate of drug-likeness (QED) is 0.718. The van der Waals surface area contributed by atoms with Crippen molar-refractivity contribution in [3.05, 3.63) is 23.5 Å². The van der Waals surface area contributed by atoms with Crippen molar-refractivity contribution < 1.29 is 0 Å². The highest BCUT2D eigenvalue weighted by atomic mass is 15.1. The molecule has 0 spiro atoms. The summed E-state index contributed by atoms with van der Waals surface area (Å²) in [6.45, 7) is 15.2. The van der Waals surface area contributed by atoms with E-state index in [1.54, 1.807) is 0 Å². The molecule has 1 aromatic rings. The van der Waals surface area contributed by atoms with Gasteiger partial charge in [0.25, 0.3) is 0 Å². The Kier molecular flexibility index (Phi) is 8.31. The Balaban J connectivity index is 2.72. The Morgan fingerprint density at radius 3 is 2.38 bits per heavy atom. The van der Waals surface area contributed by atoms with Crippen molar-refractivity contribution in [2.24, 2.45) is 0 Å². The molecule has 1 rings (SSSR count). The lowest BCUT2D eigenvalue weighted by molar-refractivity contribution is 0.300. The van der Waals surface area contributed by atoms with E-state index >= 15 is 0 Å². The van der Waals surface area contributed by atoms with Gasteiger partial charge in [-0.05, 0) is 53.0 Å². The minimum absolute atomic E-state index is 0.870. The molecule has 1 heterocycles. The molecule has 0 radical (unpaired) electrons. The number of hydrogen-bond acceptors (Lipinski definition) is 4. The van der Waals surface area contributed by atoms with Gasteiger partial charge in [-0.1, -0.05) is 13.8 Å². The third kappa shape index (κ3) is 5.64. The van der Waals surface area contributed by atoms with Crippen molar-refractivity contribution >= 4 is 5.69 Å². The fraction of sp³-hybridized carbons (Fsp3) is 0.706. The van der Waals surface area contributed by atoms with E-state index in [1.165, 1.54) is 24.2 Å². The second-order valence-corrected chi connectivity index (χ2v) is 5.44. The summed E-state index contributed by atoms with van der Waals surface area (Å²) < 4.78 is 0. The van der Waals surface area contributed by atoms with E-state index in [2.05, 4.69) is 53.9 Å². The molecule has 0 aliphatic rings. The lowest BCUT2D eigenvalue weighted by atomic mass is 10.1. The van der Waals surface area contributed by atoms with Crippen molar-refractivity contribution in [1.82, 2.24) is 15.2 Å². The molecule has 0 aliphatic carbocycles. The van der Waals surface area contributed by atoms with Gasteiger partial charge in [0, 0.05) is 42.8 Å². The Labute approximate surface area is 130 Å². The van der Waals surface area contributed by atoms with Gasteiger partial charge in [0.05, 0.1) is 0 Å². The lowest BCUT2D eigenvalue weighted by Gasteiger charge is -2.27. The number of hydrogen-bond donors (Lipinski definition) is 1. The molecule has 1 N–H and O–H groups in total.